The number of allylic oxidation sites excluding steroid dienone is 1. The third kappa shape index (κ3) is 4.16. The summed E-state index contributed by atoms with van der Waals surface area (Å²) in [5.41, 5.74) is 1.79. The van der Waals surface area contributed by atoms with Crippen LogP contribution < -0.4 is 4.59 Å². The molecule has 1 N–H and O–H groups in total. The molecule has 8 nitrogen and oxygen atoms in total. The number of nitrogens with one attached hydrogen (secondary N) is 1. The Bertz CT molecular complexity index is 796. The lowest BCUT2D eigenvalue weighted by molar-refractivity contribution is 0.0169. The van der Waals surface area contributed by atoms with Gasteiger partial charge in [-0.3, -0.25) is 5.10 Å². The maximum atomic E-state index is 12.5. The molecule has 1 aromatic rings. The van der Waals surface area contributed by atoms with Crippen LogP contribution in [0.4, 0.5) is 10.5 Å². The van der Waals surface area contributed by atoms with Gasteiger partial charge in [-0.2, -0.15) is 5.10 Å². The average Bonchev–Trinajstić information content (AvgIpc) is 3.38. The highest BCUT2D eigenvalue weighted by atomic mass is 16.6. The van der Waals surface area contributed by atoms with Crippen LogP contribution in [0.15, 0.2) is 17.5 Å². The van der Waals surface area contributed by atoms with Crippen molar-refractivity contribution in [3.05, 3.63) is 24.2 Å². The molecule has 30 heavy (non-hydrogen) atoms. The van der Waals surface area contributed by atoms with E-state index in [4.69, 9.17) is 9.84 Å². The van der Waals surface area contributed by atoms with Gasteiger partial charge in [0.15, 0.2) is 0 Å². The molecule has 2 saturated heterocycles. The van der Waals surface area contributed by atoms with Crippen LogP contribution in [-0.2, 0) is 4.74 Å². The van der Waals surface area contributed by atoms with Gasteiger partial charge in [0.25, 0.3) is 0 Å². The van der Waals surface area contributed by atoms with Gasteiger partial charge in [-0.15, -0.1) is 4.59 Å². The number of ether oxygens (including phenoxy) is 1. The molecule has 1 amide bonds. The number of amides is 1. The molecule has 2 fully saturated rings. The summed E-state index contributed by atoms with van der Waals surface area (Å²) in [5, 5.41) is 12.7. The fourth-order valence-electron chi connectivity index (χ4n) is 4.77. The van der Waals surface area contributed by atoms with Crippen molar-refractivity contribution in [2.75, 3.05) is 33.2 Å². The van der Waals surface area contributed by atoms with Crippen molar-refractivity contribution in [1.82, 2.24) is 24.6 Å². The smallest absolute Gasteiger partial charge is 0.410 e. The number of carbonyl (C=O) groups excluding carboxylic acids is 1. The number of H-pyrrole nitrogens is 1. The maximum Gasteiger partial charge on any atom is 0.410 e. The zero-order valence-electron chi connectivity index (χ0n) is 18.6. The van der Waals surface area contributed by atoms with Gasteiger partial charge in [-0.05, 0) is 53.8 Å². The highest BCUT2D eigenvalue weighted by Gasteiger charge is 2.46. The molecule has 8 heteroatoms. The van der Waals surface area contributed by atoms with Gasteiger partial charge in [0.1, 0.15) is 23.5 Å². The topological polar surface area (TPSA) is 73.8 Å². The Hall–Kier alpha value is -2.19. The summed E-state index contributed by atoms with van der Waals surface area (Å²) in [4.78, 5) is 16.7. The van der Waals surface area contributed by atoms with Crippen LogP contribution in [0.25, 0.3) is 0 Å². The molecule has 4 heterocycles. The van der Waals surface area contributed by atoms with E-state index in [9.17, 15) is 4.79 Å². The summed E-state index contributed by atoms with van der Waals surface area (Å²) in [6.45, 7) is 9.24. The lowest BCUT2D eigenvalue weighted by Gasteiger charge is -2.40. The first kappa shape index (κ1) is 21.1. The van der Waals surface area contributed by atoms with E-state index in [0.29, 0.717) is 23.6 Å². The molecule has 1 radical (unpaired) electrons. The van der Waals surface area contributed by atoms with Gasteiger partial charge in [0.2, 0.25) is 5.69 Å². The van der Waals surface area contributed by atoms with Crippen LogP contribution in [0.1, 0.15) is 58.1 Å². The first-order chi connectivity index (χ1) is 14.3. The van der Waals surface area contributed by atoms with E-state index in [0.717, 1.165) is 50.2 Å². The van der Waals surface area contributed by atoms with E-state index >= 15 is 0 Å². The van der Waals surface area contributed by atoms with Crippen LogP contribution in [-0.4, -0.2) is 77.2 Å². The van der Waals surface area contributed by atoms with E-state index in [-0.39, 0.29) is 12.1 Å². The summed E-state index contributed by atoms with van der Waals surface area (Å²) >= 11 is 0. The van der Waals surface area contributed by atoms with Crippen LogP contribution >= 0.6 is 0 Å². The number of likely N-dealkylation sites (tertiary alicyclic amines) is 2. The Balaban J connectivity index is 1.51. The van der Waals surface area contributed by atoms with Gasteiger partial charge in [0, 0.05) is 31.8 Å². The summed E-state index contributed by atoms with van der Waals surface area (Å²) in [6.07, 6.45) is 12.7. The van der Waals surface area contributed by atoms with E-state index in [1.807, 2.05) is 31.9 Å². The van der Waals surface area contributed by atoms with E-state index in [1.165, 1.54) is 0 Å². The fourth-order valence-corrected chi connectivity index (χ4v) is 4.77. The second kappa shape index (κ2) is 8.15. The van der Waals surface area contributed by atoms with Crippen molar-refractivity contribution in [2.45, 2.75) is 64.0 Å². The Kier molecular flexibility index (Phi) is 5.72. The van der Waals surface area contributed by atoms with E-state index in [2.05, 4.69) is 34.4 Å². The number of aromatic amines is 1. The quantitative estimate of drug-likeness (QED) is 0.771. The molecular formula is C22H34N6O2+. The molecule has 0 bridgehead atoms. The molecular weight excluding hydrogens is 380 g/mol. The Morgan fingerprint density at radius 2 is 1.90 bits per heavy atom. The van der Waals surface area contributed by atoms with E-state index < -0.39 is 5.60 Å². The lowest BCUT2D eigenvalue weighted by atomic mass is 9.92. The van der Waals surface area contributed by atoms with Gasteiger partial charge in [0.05, 0.1) is 18.5 Å². The summed E-state index contributed by atoms with van der Waals surface area (Å²) in [7, 11) is 2.18. The van der Waals surface area contributed by atoms with Crippen LogP contribution in [0.5, 0.6) is 0 Å². The highest BCUT2D eigenvalue weighted by Crippen LogP contribution is 2.41. The van der Waals surface area contributed by atoms with Crippen molar-refractivity contribution in [3.8, 4) is 0 Å². The predicted molar refractivity (Wildman–Crippen MR) is 117 cm³/mol. The van der Waals surface area contributed by atoms with Gasteiger partial charge < -0.3 is 14.5 Å². The van der Waals surface area contributed by atoms with Crippen LogP contribution in [0.3, 0.4) is 0 Å². The normalized spacial score (nSPS) is 26.5. The average molecular weight is 415 g/mol. The molecule has 0 spiro atoms. The second-order valence-electron chi connectivity index (χ2n) is 9.71. The molecule has 1 unspecified atom stereocenters. The molecule has 0 aliphatic carbocycles. The molecule has 4 rings (SSSR count). The second-order valence-corrected chi connectivity index (χ2v) is 9.71. The van der Waals surface area contributed by atoms with Crippen molar-refractivity contribution in [3.63, 3.8) is 0 Å². The molecule has 1 aromatic heterocycles. The molecule has 0 aromatic carbocycles. The first-order valence-corrected chi connectivity index (χ1v) is 11.0. The number of piperidine rings is 2. The zero-order valence-corrected chi connectivity index (χ0v) is 18.6. The summed E-state index contributed by atoms with van der Waals surface area (Å²) in [6, 6.07) is 0.248. The predicted octanol–water partition coefficient (Wildman–Crippen LogP) is 3.24. The fraction of sp³-hybridized carbons (Fsp3) is 0.682. The zero-order chi connectivity index (χ0) is 21.4. The van der Waals surface area contributed by atoms with Gasteiger partial charge in [-0.1, -0.05) is 5.10 Å². The van der Waals surface area contributed by atoms with Crippen molar-refractivity contribution < 1.29 is 9.53 Å². The lowest BCUT2D eigenvalue weighted by Crippen LogP contribution is -2.54. The van der Waals surface area contributed by atoms with Crippen LogP contribution in [0.2, 0.25) is 0 Å². The van der Waals surface area contributed by atoms with Crippen LogP contribution in [0, 0.1) is 6.08 Å². The van der Waals surface area contributed by atoms with Crippen molar-refractivity contribution in [1.29, 1.82) is 0 Å². The largest absolute Gasteiger partial charge is 0.444 e. The molecule has 163 valence electrons. The first-order valence-electron chi connectivity index (χ1n) is 11.0. The third-order valence-electron chi connectivity index (χ3n) is 6.41. The highest BCUT2D eigenvalue weighted by molar-refractivity contribution is 5.72. The number of quaternary nitrogens is 1. The number of nitrogens with zero attached hydrogens (tertiary/aromatic N) is 5. The monoisotopic (exact) mass is 414 g/mol. The number of rotatable bonds is 3. The Morgan fingerprint density at radius 3 is 2.50 bits per heavy atom. The number of aromatic nitrogens is 2. The summed E-state index contributed by atoms with van der Waals surface area (Å²) in [5.74, 6) is 0.448. The molecule has 1 atom stereocenters. The standard InChI is InChI=1S/C22H34N6O2/c1-22(2,3)30-21(29)27-13-8-18(9-14-27)28(15-5-10-24-28)19-16-23-25-20(19)17-6-11-26(4)12-7-17/h10,15-18H,6-9,11-14H2,1-4H3,(H,23,25)/q+1. The Morgan fingerprint density at radius 1 is 1.20 bits per heavy atom. The third-order valence-corrected chi connectivity index (χ3v) is 6.41. The van der Waals surface area contributed by atoms with Gasteiger partial charge >= 0.3 is 6.09 Å². The van der Waals surface area contributed by atoms with Crippen molar-refractivity contribution in [2.24, 2.45) is 5.10 Å². The SMILES string of the molecule is CN1CCC(c2n[nH]cc2[N+]2(C3CCN(C(=O)OC(C)(C)C)CC3)C=[C]C=N2)CC1. The number of hydrogen-bond acceptors (Lipinski definition) is 5. The number of carbonyl (C=O) groups is 1. The minimum atomic E-state index is -0.474. The molecule has 3 aliphatic rings. The Labute approximate surface area is 179 Å². The van der Waals surface area contributed by atoms with E-state index in [1.54, 1.807) is 6.21 Å². The maximum absolute atomic E-state index is 12.5. The summed E-state index contributed by atoms with van der Waals surface area (Å²) < 4.78 is 5.96. The van der Waals surface area contributed by atoms with Gasteiger partial charge in [-0.25, -0.2) is 4.79 Å². The molecule has 0 saturated carbocycles. The van der Waals surface area contributed by atoms with Crippen molar-refractivity contribution >= 4 is 18.0 Å². The number of hydrogen-bond donors (Lipinski definition) is 1. The minimum absolute atomic E-state index is 0.227. The minimum Gasteiger partial charge on any atom is -0.444 e. The molecule has 3 aliphatic heterocycles.